The first-order valence-electron chi connectivity index (χ1n) is 5.94. The van der Waals surface area contributed by atoms with E-state index in [4.69, 9.17) is 0 Å². The smallest absolute Gasteiger partial charge is 0.175 e. The van der Waals surface area contributed by atoms with E-state index in [0.29, 0.717) is 0 Å². The third-order valence-corrected chi connectivity index (χ3v) is 4.13. The molecule has 0 aliphatic carbocycles. The van der Waals surface area contributed by atoms with Gasteiger partial charge >= 0.3 is 0 Å². The maximum absolute atomic E-state index is 13.6. The summed E-state index contributed by atoms with van der Waals surface area (Å²) in [5.74, 6) is -0.423. The third-order valence-electron chi connectivity index (χ3n) is 3.02. The van der Waals surface area contributed by atoms with Gasteiger partial charge < -0.3 is 10.6 Å². The van der Waals surface area contributed by atoms with Gasteiger partial charge in [-0.25, -0.2) is 12.8 Å². The molecule has 0 spiro atoms. The minimum absolute atomic E-state index is 0.134. The quantitative estimate of drug-likeness (QED) is 0.817. The van der Waals surface area contributed by atoms with Crippen LogP contribution >= 0.6 is 0 Å². The Bertz CT molecular complexity index is 525. The highest BCUT2D eigenvalue weighted by atomic mass is 32.2. The number of anilines is 1. The molecule has 4 nitrogen and oxygen atoms in total. The van der Waals surface area contributed by atoms with Gasteiger partial charge in [0.2, 0.25) is 0 Å². The fourth-order valence-corrected chi connectivity index (χ4v) is 2.69. The molecule has 0 bridgehead atoms. The van der Waals surface area contributed by atoms with Crippen molar-refractivity contribution < 1.29 is 12.8 Å². The average Bonchev–Trinajstić information content (AvgIpc) is 2.32. The lowest BCUT2D eigenvalue weighted by atomic mass is 10.1. The van der Waals surface area contributed by atoms with Crippen molar-refractivity contribution in [2.75, 3.05) is 24.7 Å². The van der Waals surface area contributed by atoms with Crippen LogP contribution in [0.15, 0.2) is 23.1 Å². The van der Waals surface area contributed by atoms with E-state index in [-0.39, 0.29) is 16.6 Å². The topological polar surface area (TPSA) is 58.2 Å². The second kappa shape index (κ2) is 5.24. The van der Waals surface area contributed by atoms with Crippen LogP contribution in [0.4, 0.5) is 10.1 Å². The molecule has 1 fully saturated rings. The van der Waals surface area contributed by atoms with E-state index >= 15 is 0 Å². The zero-order valence-electron chi connectivity index (χ0n) is 10.2. The predicted octanol–water partition coefficient (Wildman–Crippen LogP) is 1.39. The van der Waals surface area contributed by atoms with Crippen molar-refractivity contribution >= 4 is 15.5 Å². The summed E-state index contributed by atoms with van der Waals surface area (Å²) in [6, 6.07) is 3.98. The molecule has 1 aromatic rings. The molecule has 1 unspecified atom stereocenters. The van der Waals surface area contributed by atoms with Crippen molar-refractivity contribution in [3.8, 4) is 0 Å². The molecule has 6 heteroatoms. The minimum atomic E-state index is -3.31. The van der Waals surface area contributed by atoms with Crippen LogP contribution in [0.3, 0.4) is 0 Å². The Hall–Kier alpha value is -1.14. The Morgan fingerprint density at radius 1 is 1.44 bits per heavy atom. The molecule has 0 amide bonds. The van der Waals surface area contributed by atoms with Crippen molar-refractivity contribution in [2.24, 2.45) is 0 Å². The van der Waals surface area contributed by atoms with E-state index in [1.165, 1.54) is 18.2 Å². The molecule has 18 heavy (non-hydrogen) atoms. The van der Waals surface area contributed by atoms with Crippen LogP contribution in [0.1, 0.15) is 12.8 Å². The van der Waals surface area contributed by atoms with Crippen LogP contribution in [-0.4, -0.2) is 33.8 Å². The average molecular weight is 272 g/mol. The van der Waals surface area contributed by atoms with Gasteiger partial charge in [0.05, 0.1) is 10.6 Å². The van der Waals surface area contributed by atoms with Gasteiger partial charge in [0.25, 0.3) is 0 Å². The molecule has 1 aliphatic rings. The number of hydrogen-bond acceptors (Lipinski definition) is 4. The molecule has 0 radical (unpaired) electrons. The van der Waals surface area contributed by atoms with Gasteiger partial charge in [0.15, 0.2) is 9.84 Å². The molecule has 0 aromatic heterocycles. The summed E-state index contributed by atoms with van der Waals surface area (Å²) in [6.07, 6.45) is 3.10. The van der Waals surface area contributed by atoms with Crippen molar-refractivity contribution in [1.29, 1.82) is 0 Å². The highest BCUT2D eigenvalue weighted by Crippen LogP contribution is 2.21. The largest absolute Gasteiger partial charge is 0.379 e. The van der Waals surface area contributed by atoms with Crippen LogP contribution in [0.5, 0.6) is 0 Å². The highest BCUT2D eigenvalue weighted by molar-refractivity contribution is 7.90. The number of piperidine rings is 1. The van der Waals surface area contributed by atoms with Gasteiger partial charge in [0.1, 0.15) is 5.82 Å². The zero-order chi connectivity index (χ0) is 13.2. The molecule has 0 saturated carbocycles. The van der Waals surface area contributed by atoms with Crippen molar-refractivity contribution in [3.63, 3.8) is 0 Å². The SMILES string of the molecule is CS(=O)(=O)c1ccc(F)c(NC2CCCNC2)c1. The molecule has 2 rings (SSSR count). The van der Waals surface area contributed by atoms with Gasteiger partial charge in [-0.2, -0.15) is 0 Å². The third kappa shape index (κ3) is 3.20. The second-order valence-electron chi connectivity index (χ2n) is 4.60. The lowest BCUT2D eigenvalue weighted by Crippen LogP contribution is -2.38. The number of nitrogens with one attached hydrogen (secondary N) is 2. The van der Waals surface area contributed by atoms with E-state index in [1.807, 2.05) is 0 Å². The Labute approximate surface area is 107 Å². The lowest BCUT2D eigenvalue weighted by Gasteiger charge is -2.25. The Morgan fingerprint density at radius 2 is 2.22 bits per heavy atom. The standard InChI is InChI=1S/C12H17FN2O2S/c1-18(16,17)10-4-5-11(13)12(7-10)15-9-3-2-6-14-8-9/h4-5,7,9,14-15H,2-3,6,8H2,1H3. The van der Waals surface area contributed by atoms with E-state index in [2.05, 4.69) is 10.6 Å². The Kier molecular flexibility index (Phi) is 3.87. The molecule has 100 valence electrons. The van der Waals surface area contributed by atoms with Crippen LogP contribution < -0.4 is 10.6 Å². The summed E-state index contributed by atoms with van der Waals surface area (Å²) in [6.45, 7) is 1.74. The molecule has 1 heterocycles. The van der Waals surface area contributed by atoms with E-state index in [0.717, 1.165) is 32.2 Å². The molecular formula is C12H17FN2O2S. The maximum atomic E-state index is 13.6. The first kappa shape index (κ1) is 13.3. The normalized spacial score (nSPS) is 20.7. The summed E-state index contributed by atoms with van der Waals surface area (Å²) in [5.41, 5.74) is 0.256. The summed E-state index contributed by atoms with van der Waals surface area (Å²) in [4.78, 5) is 0.134. The summed E-state index contributed by atoms with van der Waals surface area (Å²) >= 11 is 0. The first-order valence-corrected chi connectivity index (χ1v) is 7.83. The fourth-order valence-electron chi connectivity index (χ4n) is 2.04. The number of benzene rings is 1. The van der Waals surface area contributed by atoms with Crippen molar-refractivity contribution in [3.05, 3.63) is 24.0 Å². The van der Waals surface area contributed by atoms with Crippen LogP contribution in [0.2, 0.25) is 0 Å². The zero-order valence-corrected chi connectivity index (χ0v) is 11.1. The lowest BCUT2D eigenvalue weighted by molar-refractivity contribution is 0.477. The molecule has 1 aromatic carbocycles. The predicted molar refractivity (Wildman–Crippen MR) is 69.0 cm³/mol. The van der Waals surface area contributed by atoms with Crippen LogP contribution in [-0.2, 0) is 9.84 Å². The van der Waals surface area contributed by atoms with E-state index in [1.54, 1.807) is 0 Å². The van der Waals surface area contributed by atoms with E-state index < -0.39 is 15.7 Å². The monoisotopic (exact) mass is 272 g/mol. The van der Waals surface area contributed by atoms with Gasteiger partial charge in [-0.3, -0.25) is 0 Å². The Balaban J connectivity index is 2.21. The number of sulfone groups is 1. The van der Waals surface area contributed by atoms with Crippen molar-refractivity contribution in [2.45, 2.75) is 23.8 Å². The summed E-state index contributed by atoms with van der Waals surface area (Å²) in [5, 5.41) is 6.28. The Morgan fingerprint density at radius 3 is 2.83 bits per heavy atom. The highest BCUT2D eigenvalue weighted by Gasteiger charge is 2.16. The molecule has 1 saturated heterocycles. The second-order valence-corrected chi connectivity index (χ2v) is 6.62. The summed E-state index contributed by atoms with van der Waals surface area (Å²) in [7, 11) is -3.31. The molecule has 1 atom stereocenters. The van der Waals surface area contributed by atoms with Gasteiger partial charge in [-0.15, -0.1) is 0 Å². The minimum Gasteiger partial charge on any atom is -0.379 e. The fraction of sp³-hybridized carbons (Fsp3) is 0.500. The van der Waals surface area contributed by atoms with E-state index in [9.17, 15) is 12.8 Å². The van der Waals surface area contributed by atoms with Crippen LogP contribution in [0, 0.1) is 5.82 Å². The van der Waals surface area contributed by atoms with Gasteiger partial charge in [-0.05, 0) is 37.6 Å². The van der Waals surface area contributed by atoms with Crippen molar-refractivity contribution in [1.82, 2.24) is 5.32 Å². The van der Waals surface area contributed by atoms with Gasteiger partial charge in [-0.1, -0.05) is 0 Å². The van der Waals surface area contributed by atoms with Crippen LogP contribution in [0.25, 0.3) is 0 Å². The molecular weight excluding hydrogens is 255 g/mol. The number of hydrogen-bond donors (Lipinski definition) is 2. The summed E-state index contributed by atoms with van der Waals surface area (Å²) < 4.78 is 36.5. The van der Waals surface area contributed by atoms with Gasteiger partial charge in [0, 0.05) is 18.8 Å². The number of rotatable bonds is 3. The number of halogens is 1. The maximum Gasteiger partial charge on any atom is 0.175 e. The molecule has 2 N–H and O–H groups in total. The molecule has 1 aliphatic heterocycles. The first-order chi connectivity index (χ1) is 8.47.